The molecule has 1 amide bonds. The lowest BCUT2D eigenvalue weighted by molar-refractivity contribution is 0.101. The van der Waals surface area contributed by atoms with E-state index in [1.807, 2.05) is 67.1 Å². The van der Waals surface area contributed by atoms with Gasteiger partial charge in [0.2, 0.25) is 0 Å². The highest BCUT2D eigenvalue weighted by Gasteiger charge is 2.19. The van der Waals surface area contributed by atoms with Gasteiger partial charge in [0.15, 0.2) is 11.5 Å². The van der Waals surface area contributed by atoms with Gasteiger partial charge in [-0.1, -0.05) is 41.0 Å². The second kappa shape index (κ2) is 8.65. The van der Waals surface area contributed by atoms with Crippen molar-refractivity contribution in [3.8, 4) is 17.1 Å². The lowest BCUT2D eigenvalue weighted by atomic mass is 10.1. The van der Waals surface area contributed by atoms with E-state index in [-0.39, 0.29) is 11.6 Å². The Kier molecular flexibility index (Phi) is 5.77. The number of ether oxygens (including phenoxy) is 1. The summed E-state index contributed by atoms with van der Waals surface area (Å²) in [5.41, 5.74) is 4.24. The van der Waals surface area contributed by atoms with Crippen molar-refractivity contribution in [2.45, 2.75) is 20.4 Å². The molecule has 4 rings (SSSR count). The van der Waals surface area contributed by atoms with E-state index in [0.717, 1.165) is 22.5 Å². The Hall–Kier alpha value is -3.58. The molecule has 0 spiro atoms. The molecule has 2 aromatic heterocycles. The van der Waals surface area contributed by atoms with Crippen molar-refractivity contribution in [2.75, 3.05) is 12.4 Å². The summed E-state index contributed by atoms with van der Waals surface area (Å²) in [4.78, 5) is 12.8. The third kappa shape index (κ3) is 4.46. The zero-order chi connectivity index (χ0) is 22.0. The van der Waals surface area contributed by atoms with Crippen molar-refractivity contribution in [2.24, 2.45) is 0 Å². The van der Waals surface area contributed by atoms with Crippen LogP contribution in [0.1, 0.15) is 27.4 Å². The predicted molar refractivity (Wildman–Crippen MR) is 119 cm³/mol. The topological polar surface area (TPSA) is 82.2 Å². The number of aryl methyl sites for hydroxylation is 1. The van der Waals surface area contributed by atoms with E-state index in [9.17, 15) is 4.79 Å². The Morgan fingerprint density at radius 2 is 1.94 bits per heavy atom. The average molecular weight is 437 g/mol. The highest BCUT2D eigenvalue weighted by atomic mass is 35.5. The van der Waals surface area contributed by atoms with Crippen LogP contribution in [0.4, 0.5) is 5.69 Å². The number of amides is 1. The minimum absolute atomic E-state index is 0.182. The molecule has 0 bridgehead atoms. The Balaban J connectivity index is 1.52. The largest absolute Gasteiger partial charge is 0.497 e. The second-order valence-corrected chi connectivity index (χ2v) is 7.53. The van der Waals surface area contributed by atoms with Gasteiger partial charge in [-0.3, -0.25) is 9.48 Å². The monoisotopic (exact) mass is 436 g/mol. The molecule has 31 heavy (non-hydrogen) atoms. The van der Waals surface area contributed by atoms with Crippen molar-refractivity contribution in [1.82, 2.24) is 14.9 Å². The molecule has 1 N–H and O–H groups in total. The fourth-order valence-electron chi connectivity index (χ4n) is 3.27. The number of nitrogens with one attached hydrogen (secondary N) is 1. The van der Waals surface area contributed by atoms with Crippen LogP contribution in [0.3, 0.4) is 0 Å². The van der Waals surface area contributed by atoms with Gasteiger partial charge in [0, 0.05) is 16.7 Å². The van der Waals surface area contributed by atoms with Gasteiger partial charge in [-0.15, -0.1) is 0 Å². The van der Waals surface area contributed by atoms with E-state index in [0.29, 0.717) is 28.8 Å². The maximum absolute atomic E-state index is 12.8. The van der Waals surface area contributed by atoms with Gasteiger partial charge in [-0.2, -0.15) is 5.10 Å². The Morgan fingerprint density at radius 1 is 1.16 bits per heavy atom. The van der Waals surface area contributed by atoms with Crippen LogP contribution < -0.4 is 10.1 Å². The van der Waals surface area contributed by atoms with Crippen LogP contribution in [0.25, 0.3) is 11.3 Å². The number of halogens is 1. The lowest BCUT2D eigenvalue weighted by Crippen LogP contribution is -2.13. The fourth-order valence-corrected chi connectivity index (χ4v) is 3.39. The molecular weight excluding hydrogens is 416 g/mol. The van der Waals surface area contributed by atoms with Gasteiger partial charge in [0.25, 0.3) is 5.91 Å². The molecule has 8 heteroatoms. The van der Waals surface area contributed by atoms with Gasteiger partial charge in [0.05, 0.1) is 30.7 Å². The van der Waals surface area contributed by atoms with Crippen LogP contribution in [0.5, 0.6) is 5.75 Å². The van der Waals surface area contributed by atoms with Crippen LogP contribution >= 0.6 is 11.6 Å². The molecular formula is C23H21ClN4O3. The summed E-state index contributed by atoms with van der Waals surface area (Å²) in [6.07, 6.45) is 0. The Labute approximate surface area is 184 Å². The van der Waals surface area contributed by atoms with Crippen molar-refractivity contribution < 1.29 is 14.1 Å². The molecule has 2 heterocycles. The van der Waals surface area contributed by atoms with E-state index >= 15 is 0 Å². The maximum Gasteiger partial charge on any atom is 0.277 e. The lowest BCUT2D eigenvalue weighted by Gasteiger charge is -2.06. The third-order valence-electron chi connectivity index (χ3n) is 4.96. The van der Waals surface area contributed by atoms with Crippen LogP contribution in [0.15, 0.2) is 59.1 Å². The quantitative estimate of drug-likeness (QED) is 0.453. The number of anilines is 1. The zero-order valence-electron chi connectivity index (χ0n) is 17.3. The summed E-state index contributed by atoms with van der Waals surface area (Å²) in [7, 11) is 1.59. The summed E-state index contributed by atoms with van der Waals surface area (Å²) < 4.78 is 12.4. The number of hydrogen-bond acceptors (Lipinski definition) is 5. The molecule has 0 radical (unpaired) electrons. The normalized spacial score (nSPS) is 10.8. The molecule has 0 atom stereocenters. The molecule has 0 saturated heterocycles. The highest BCUT2D eigenvalue weighted by Crippen LogP contribution is 2.26. The van der Waals surface area contributed by atoms with Crippen molar-refractivity contribution in [3.63, 3.8) is 0 Å². The number of rotatable bonds is 6. The van der Waals surface area contributed by atoms with Crippen LogP contribution in [-0.2, 0) is 6.54 Å². The van der Waals surface area contributed by atoms with Crippen molar-refractivity contribution in [3.05, 3.63) is 82.3 Å². The fraction of sp³-hybridized carbons (Fsp3) is 0.174. The first-order chi connectivity index (χ1) is 14.9. The second-order valence-electron chi connectivity index (χ2n) is 7.09. The summed E-state index contributed by atoms with van der Waals surface area (Å²) in [5.74, 6) is 0.810. The number of methoxy groups -OCH3 is 1. The number of aromatic nitrogens is 3. The number of carbonyl (C=O) groups excluding carboxylic acids is 1. The number of hydrogen-bond donors (Lipinski definition) is 1. The molecule has 158 valence electrons. The Morgan fingerprint density at radius 3 is 2.68 bits per heavy atom. The van der Waals surface area contributed by atoms with Crippen LogP contribution in [0, 0.1) is 13.8 Å². The first-order valence-corrected chi connectivity index (χ1v) is 10.0. The van der Waals surface area contributed by atoms with Crippen LogP contribution in [-0.4, -0.2) is 28.0 Å². The predicted octanol–water partition coefficient (Wildman–Crippen LogP) is 5.12. The number of nitrogens with zero attached hydrogens (tertiary/aromatic N) is 3. The molecule has 4 aromatic rings. The molecule has 0 fully saturated rings. The summed E-state index contributed by atoms with van der Waals surface area (Å²) >= 11 is 5.96. The van der Waals surface area contributed by atoms with Crippen LogP contribution in [0.2, 0.25) is 5.02 Å². The molecule has 0 saturated carbocycles. The van der Waals surface area contributed by atoms with Crippen molar-refractivity contribution >= 4 is 23.2 Å². The minimum atomic E-state index is -0.366. The SMILES string of the molecule is COc1cccc(-c2cc(C(=O)Nc3c(C)nn(Cc4ccc(Cl)cc4)c3C)no2)c1. The third-order valence-corrected chi connectivity index (χ3v) is 5.21. The number of benzene rings is 2. The van der Waals surface area contributed by atoms with Gasteiger partial charge in [-0.25, -0.2) is 0 Å². The van der Waals surface area contributed by atoms with E-state index < -0.39 is 0 Å². The highest BCUT2D eigenvalue weighted by molar-refractivity contribution is 6.30. The van der Waals surface area contributed by atoms with Gasteiger partial charge < -0.3 is 14.6 Å². The van der Waals surface area contributed by atoms with E-state index in [4.69, 9.17) is 20.9 Å². The van der Waals surface area contributed by atoms with Gasteiger partial charge >= 0.3 is 0 Å². The minimum Gasteiger partial charge on any atom is -0.497 e. The zero-order valence-corrected chi connectivity index (χ0v) is 18.1. The van der Waals surface area contributed by atoms with Crippen molar-refractivity contribution in [1.29, 1.82) is 0 Å². The average Bonchev–Trinajstić information content (AvgIpc) is 3.37. The number of carbonyl (C=O) groups is 1. The van der Waals surface area contributed by atoms with E-state index in [2.05, 4.69) is 15.6 Å². The summed E-state index contributed by atoms with van der Waals surface area (Å²) in [6, 6.07) is 16.5. The summed E-state index contributed by atoms with van der Waals surface area (Å²) in [5, 5.41) is 12.1. The summed E-state index contributed by atoms with van der Waals surface area (Å²) in [6.45, 7) is 4.34. The Bertz CT molecular complexity index is 1230. The van der Waals surface area contributed by atoms with Gasteiger partial charge in [-0.05, 0) is 43.7 Å². The van der Waals surface area contributed by atoms with E-state index in [1.54, 1.807) is 13.2 Å². The molecule has 0 unspecified atom stereocenters. The van der Waals surface area contributed by atoms with E-state index in [1.165, 1.54) is 0 Å². The van der Waals surface area contributed by atoms with Gasteiger partial charge in [0.1, 0.15) is 5.75 Å². The first kappa shape index (κ1) is 20.7. The molecule has 0 aliphatic rings. The smallest absolute Gasteiger partial charge is 0.277 e. The molecule has 0 aliphatic carbocycles. The maximum atomic E-state index is 12.8. The molecule has 2 aromatic carbocycles. The molecule has 7 nitrogen and oxygen atoms in total. The first-order valence-electron chi connectivity index (χ1n) is 9.65. The molecule has 0 aliphatic heterocycles. The standard InChI is InChI=1S/C23H21ClN4O3/c1-14-22(15(2)28(26-14)13-16-7-9-18(24)10-8-16)25-23(29)20-12-21(31-27-20)17-5-4-6-19(11-17)30-3/h4-12H,13H2,1-3H3,(H,25,29).